The summed E-state index contributed by atoms with van der Waals surface area (Å²) in [7, 11) is 0. The van der Waals surface area contributed by atoms with Crippen LogP contribution in [-0.4, -0.2) is 128 Å². The minimum atomic E-state index is -4.65. The zero-order chi connectivity index (χ0) is 44.3. The molecule has 2 aliphatic heterocycles. The lowest BCUT2D eigenvalue weighted by atomic mass is 10.0. The first-order valence-electron chi connectivity index (χ1n) is 20.2. The van der Waals surface area contributed by atoms with Crippen molar-refractivity contribution in [1.82, 2.24) is 30.1 Å². The van der Waals surface area contributed by atoms with Gasteiger partial charge in [-0.1, -0.05) is 48.0 Å². The summed E-state index contributed by atoms with van der Waals surface area (Å²) in [5.41, 5.74) is 0.481. The molecule has 0 unspecified atom stereocenters. The molecule has 1 saturated heterocycles. The lowest BCUT2D eigenvalue weighted by molar-refractivity contribution is -0.166. The summed E-state index contributed by atoms with van der Waals surface area (Å²) >= 11 is 7.70. The van der Waals surface area contributed by atoms with Gasteiger partial charge >= 0.3 is 17.9 Å². The van der Waals surface area contributed by atoms with Crippen molar-refractivity contribution in [3.05, 3.63) is 103 Å². The van der Waals surface area contributed by atoms with Crippen molar-refractivity contribution in [3.8, 4) is 0 Å². The van der Waals surface area contributed by atoms with E-state index in [2.05, 4.69) is 35.4 Å². The van der Waals surface area contributed by atoms with E-state index in [0.717, 1.165) is 27.6 Å². The Balaban J connectivity index is 1.02. The third-order valence-electron chi connectivity index (χ3n) is 10.2. The molecule has 6 rings (SSSR count). The maximum atomic E-state index is 13.8. The average Bonchev–Trinajstić information content (AvgIpc) is 3.94. The van der Waals surface area contributed by atoms with Crippen molar-refractivity contribution in [1.29, 1.82) is 0 Å². The molecule has 4 heterocycles. The van der Waals surface area contributed by atoms with Crippen LogP contribution < -0.4 is 10.2 Å². The number of thiazole rings is 1. The number of benzene rings is 2. The average molecular weight is 900 g/mol. The summed E-state index contributed by atoms with van der Waals surface area (Å²) in [4.78, 5) is 59.4. The first-order chi connectivity index (χ1) is 29.7. The van der Waals surface area contributed by atoms with Crippen LogP contribution in [0.2, 0.25) is 5.02 Å². The van der Waals surface area contributed by atoms with Crippen LogP contribution in [0.4, 0.5) is 23.8 Å². The summed E-state index contributed by atoms with van der Waals surface area (Å²) in [5.74, 6) is 1.08. The molecule has 2 amide bonds. The molecule has 15 nitrogen and oxygen atoms in total. The van der Waals surface area contributed by atoms with E-state index in [1.807, 2.05) is 43.9 Å². The minimum absolute atomic E-state index is 0.0351. The predicted octanol–water partition coefficient (Wildman–Crippen LogP) is 6.33. The van der Waals surface area contributed by atoms with Gasteiger partial charge in [-0.25, -0.2) is 19.7 Å². The van der Waals surface area contributed by atoms with E-state index >= 15 is 0 Å². The lowest BCUT2D eigenvalue weighted by Gasteiger charge is -2.36. The molecule has 2 aromatic heterocycles. The number of anilines is 1. The highest BCUT2D eigenvalue weighted by Crippen LogP contribution is 2.52. The standard InChI is InChI=1S/C42H49ClF3N9O6S/c1-4-59-18-19-60-20-21-61-40(58)47-12-13-55(26-30-8-10-31(11-9-30)41(51-52-41)42(44,45)46)39(57)27-53-14-16-54(17-15-53)37-22-32(49-29(3)50-37)23-38-48-25-36(62-38)35(56)24-33-28(2)6-5-7-34(33)43/h5-11,22,25H,4,12-21,23-24,26-27H2,1-3H3,(H,47,58). The van der Waals surface area contributed by atoms with Crippen LogP contribution in [0.5, 0.6) is 0 Å². The van der Waals surface area contributed by atoms with E-state index in [1.165, 1.54) is 35.6 Å². The monoisotopic (exact) mass is 899 g/mol. The van der Waals surface area contributed by atoms with Crippen LogP contribution in [0.25, 0.3) is 0 Å². The number of amides is 2. The number of nitrogens with zero attached hydrogens (tertiary/aromatic N) is 8. The summed E-state index contributed by atoms with van der Waals surface area (Å²) in [6.07, 6.45) is -3.11. The minimum Gasteiger partial charge on any atom is -0.447 e. The summed E-state index contributed by atoms with van der Waals surface area (Å²) in [6.45, 7) is 9.92. The second kappa shape index (κ2) is 21.3. The topological polar surface area (TPSA) is 164 Å². The fraction of sp³-hybridized carbons (Fsp3) is 0.476. The summed E-state index contributed by atoms with van der Waals surface area (Å²) in [5, 5.41) is 10.5. The van der Waals surface area contributed by atoms with Crippen molar-refractivity contribution >= 4 is 46.5 Å². The number of halogens is 4. The largest absolute Gasteiger partial charge is 0.447 e. The SMILES string of the molecule is CCOCCOCCOC(=O)NCCN(Cc1ccc(C2(C(F)(F)F)N=N2)cc1)C(=O)CN1CCN(c2cc(Cc3ncc(C(=O)Cc4c(C)cccc4Cl)s3)nc(C)n2)CC1. The molecule has 0 saturated carbocycles. The van der Waals surface area contributed by atoms with Gasteiger partial charge in [0, 0.05) is 88.1 Å². The first kappa shape index (κ1) is 46.4. The first-order valence-corrected chi connectivity index (χ1v) is 21.4. The number of aromatic nitrogens is 3. The van der Waals surface area contributed by atoms with Crippen LogP contribution in [0.3, 0.4) is 0 Å². The molecular formula is C42H49ClF3N9O6S. The lowest BCUT2D eigenvalue weighted by Crippen LogP contribution is -2.51. The Kier molecular flexibility index (Phi) is 16.0. The van der Waals surface area contributed by atoms with E-state index in [0.29, 0.717) is 73.7 Å². The number of nitrogens with one attached hydrogen (secondary N) is 1. The Bertz CT molecular complexity index is 2180. The number of hydrogen-bond acceptors (Lipinski definition) is 14. The molecule has 0 atom stereocenters. The molecule has 2 aliphatic rings. The van der Waals surface area contributed by atoms with Crippen LogP contribution in [0.15, 0.2) is 65.0 Å². The molecule has 0 bridgehead atoms. The zero-order valence-corrected chi connectivity index (χ0v) is 36.3. The van der Waals surface area contributed by atoms with Gasteiger partial charge in [0.05, 0.1) is 41.9 Å². The van der Waals surface area contributed by atoms with Gasteiger partial charge in [-0.15, -0.1) is 21.6 Å². The third kappa shape index (κ3) is 12.5. The second-order valence-corrected chi connectivity index (χ2v) is 16.2. The van der Waals surface area contributed by atoms with Gasteiger partial charge in [-0.2, -0.15) is 13.2 Å². The van der Waals surface area contributed by atoms with Gasteiger partial charge < -0.3 is 29.3 Å². The third-order valence-corrected chi connectivity index (χ3v) is 11.6. The number of Topliss-reactive ketones (excluding diaryl/α,β-unsaturated/α-hetero) is 1. The zero-order valence-electron chi connectivity index (χ0n) is 34.8. The molecule has 20 heteroatoms. The Morgan fingerprint density at radius 2 is 1.69 bits per heavy atom. The number of ether oxygens (including phenoxy) is 3. The van der Waals surface area contributed by atoms with Crippen molar-refractivity contribution < 1.29 is 41.8 Å². The van der Waals surface area contributed by atoms with Crippen molar-refractivity contribution in [3.63, 3.8) is 0 Å². The van der Waals surface area contributed by atoms with Gasteiger partial charge in [0.1, 0.15) is 18.2 Å². The molecule has 62 heavy (non-hydrogen) atoms. The number of aryl methyl sites for hydroxylation is 2. The molecule has 0 aliphatic carbocycles. The molecule has 1 N–H and O–H groups in total. The van der Waals surface area contributed by atoms with E-state index in [4.69, 9.17) is 25.8 Å². The molecule has 1 fully saturated rings. The highest BCUT2D eigenvalue weighted by molar-refractivity contribution is 7.13. The maximum Gasteiger partial charge on any atom is 0.442 e. The Hall–Kier alpha value is -5.08. The number of piperazine rings is 1. The number of ketones is 1. The number of carbonyl (C=O) groups excluding carboxylic acids is 3. The van der Waals surface area contributed by atoms with E-state index in [9.17, 15) is 27.6 Å². The van der Waals surface area contributed by atoms with Crippen molar-refractivity contribution in [2.75, 3.05) is 83.7 Å². The predicted molar refractivity (Wildman–Crippen MR) is 226 cm³/mol. The van der Waals surface area contributed by atoms with Gasteiger partial charge in [-0.05, 0) is 43.5 Å². The fourth-order valence-electron chi connectivity index (χ4n) is 6.80. The number of carbonyl (C=O) groups is 3. The molecule has 2 aromatic carbocycles. The van der Waals surface area contributed by atoms with Gasteiger partial charge in [0.15, 0.2) is 5.78 Å². The van der Waals surface area contributed by atoms with E-state index in [-0.39, 0.29) is 63.1 Å². The van der Waals surface area contributed by atoms with Gasteiger partial charge in [-0.3, -0.25) is 14.5 Å². The summed E-state index contributed by atoms with van der Waals surface area (Å²) in [6, 6.07) is 13.2. The molecular weight excluding hydrogens is 851 g/mol. The Morgan fingerprint density at radius 3 is 2.39 bits per heavy atom. The van der Waals surface area contributed by atoms with E-state index in [1.54, 1.807) is 17.2 Å². The highest BCUT2D eigenvalue weighted by atomic mass is 35.5. The van der Waals surface area contributed by atoms with Crippen molar-refractivity contribution in [2.45, 2.75) is 52.0 Å². The molecule has 0 radical (unpaired) electrons. The van der Waals surface area contributed by atoms with Crippen molar-refractivity contribution in [2.24, 2.45) is 10.2 Å². The highest BCUT2D eigenvalue weighted by Gasteiger charge is 2.65. The normalized spacial score (nSPS) is 14.8. The Morgan fingerprint density at radius 1 is 0.968 bits per heavy atom. The number of rotatable bonds is 21. The van der Waals surface area contributed by atoms with Gasteiger partial charge in [0.2, 0.25) is 5.91 Å². The Labute approximate surface area is 366 Å². The van der Waals surface area contributed by atoms with Gasteiger partial charge in [0.25, 0.3) is 0 Å². The molecule has 4 aromatic rings. The van der Waals surface area contributed by atoms with E-state index < -0.39 is 17.9 Å². The molecule has 0 spiro atoms. The maximum absolute atomic E-state index is 13.8. The number of alkyl carbamates (subject to hydrolysis) is 1. The fourth-order valence-corrected chi connectivity index (χ4v) is 7.96. The summed E-state index contributed by atoms with van der Waals surface area (Å²) < 4.78 is 56.5. The smallest absolute Gasteiger partial charge is 0.442 e. The number of hydrogen-bond donors (Lipinski definition) is 1. The number of alkyl halides is 3. The molecule has 332 valence electrons. The quantitative estimate of drug-likeness (QED) is 0.0735. The second-order valence-electron chi connectivity index (χ2n) is 14.7. The van der Waals surface area contributed by atoms with Crippen LogP contribution in [0.1, 0.15) is 55.4 Å². The van der Waals surface area contributed by atoms with Crippen LogP contribution in [0, 0.1) is 13.8 Å². The van der Waals surface area contributed by atoms with Crippen LogP contribution in [-0.2, 0) is 44.1 Å². The van der Waals surface area contributed by atoms with Crippen LogP contribution >= 0.6 is 22.9 Å².